The largest absolute Gasteiger partial charge is 0.497 e. The molecule has 1 N–H and O–H groups in total. The molecule has 1 saturated heterocycles. The van der Waals surface area contributed by atoms with Gasteiger partial charge in [-0.2, -0.15) is 5.10 Å². The standard InChI is InChI=1S/C18H23FN4O2/c1-11-9-17(22(3)21-11)23-8-7-16(18(23)24)20-12(2)14-6-5-13(25-4)10-15(14)19/h5-6,9-10,12,16,20H,7-8H2,1-4H3/t12-,16-/m1/s1. The molecule has 0 aliphatic carbocycles. The number of anilines is 1. The molecule has 0 radical (unpaired) electrons. The van der Waals surface area contributed by atoms with Gasteiger partial charge in [0.1, 0.15) is 17.4 Å². The lowest BCUT2D eigenvalue weighted by Gasteiger charge is -2.21. The van der Waals surface area contributed by atoms with E-state index in [-0.39, 0.29) is 23.8 Å². The molecule has 7 heteroatoms. The average Bonchev–Trinajstić information content (AvgIpc) is 3.09. The van der Waals surface area contributed by atoms with Gasteiger partial charge in [-0.15, -0.1) is 0 Å². The van der Waals surface area contributed by atoms with E-state index in [0.29, 0.717) is 24.3 Å². The van der Waals surface area contributed by atoms with E-state index in [1.54, 1.807) is 21.7 Å². The second kappa shape index (κ2) is 6.84. The summed E-state index contributed by atoms with van der Waals surface area (Å²) in [5.74, 6) is 0.908. The number of methoxy groups -OCH3 is 1. The highest BCUT2D eigenvalue weighted by Crippen LogP contribution is 2.26. The van der Waals surface area contributed by atoms with E-state index >= 15 is 0 Å². The third kappa shape index (κ3) is 3.37. The zero-order chi connectivity index (χ0) is 18.1. The number of aryl methyl sites for hydroxylation is 2. The maximum absolute atomic E-state index is 14.2. The van der Waals surface area contributed by atoms with Crippen LogP contribution in [0.1, 0.15) is 30.6 Å². The van der Waals surface area contributed by atoms with Crippen molar-refractivity contribution in [2.75, 3.05) is 18.6 Å². The lowest BCUT2D eigenvalue weighted by molar-refractivity contribution is -0.119. The van der Waals surface area contributed by atoms with Gasteiger partial charge < -0.3 is 4.74 Å². The van der Waals surface area contributed by atoms with Crippen LogP contribution in [0.3, 0.4) is 0 Å². The molecule has 3 rings (SSSR count). The maximum Gasteiger partial charge on any atom is 0.245 e. The van der Waals surface area contributed by atoms with Crippen molar-refractivity contribution in [1.29, 1.82) is 0 Å². The van der Waals surface area contributed by atoms with Crippen LogP contribution in [0.5, 0.6) is 5.75 Å². The number of carbonyl (C=O) groups excluding carboxylic acids is 1. The van der Waals surface area contributed by atoms with Crippen LogP contribution >= 0.6 is 0 Å². The van der Waals surface area contributed by atoms with Crippen molar-refractivity contribution >= 4 is 11.7 Å². The first-order chi connectivity index (χ1) is 11.9. The number of ether oxygens (including phenoxy) is 1. The number of nitrogens with zero attached hydrogens (tertiary/aromatic N) is 3. The van der Waals surface area contributed by atoms with Crippen LogP contribution in [0.25, 0.3) is 0 Å². The number of nitrogens with one attached hydrogen (secondary N) is 1. The number of carbonyl (C=O) groups is 1. The summed E-state index contributed by atoms with van der Waals surface area (Å²) in [6.07, 6.45) is 0.672. The molecule has 0 unspecified atom stereocenters. The summed E-state index contributed by atoms with van der Waals surface area (Å²) in [6.45, 7) is 4.37. The maximum atomic E-state index is 14.2. The van der Waals surface area contributed by atoms with Crippen LogP contribution in [-0.4, -0.2) is 35.4 Å². The highest BCUT2D eigenvalue weighted by atomic mass is 19.1. The Morgan fingerprint density at radius 1 is 1.40 bits per heavy atom. The zero-order valence-electron chi connectivity index (χ0n) is 14.9. The van der Waals surface area contributed by atoms with Crippen LogP contribution < -0.4 is 15.0 Å². The van der Waals surface area contributed by atoms with Crippen molar-refractivity contribution in [2.24, 2.45) is 7.05 Å². The Morgan fingerprint density at radius 2 is 2.16 bits per heavy atom. The number of aromatic nitrogens is 2. The molecule has 0 bridgehead atoms. The fourth-order valence-electron chi connectivity index (χ4n) is 3.29. The summed E-state index contributed by atoms with van der Waals surface area (Å²) in [6, 6.07) is 6.03. The van der Waals surface area contributed by atoms with Gasteiger partial charge in [0.25, 0.3) is 0 Å². The molecule has 134 valence electrons. The first-order valence-corrected chi connectivity index (χ1v) is 8.32. The molecular formula is C18H23FN4O2. The molecule has 1 amide bonds. The zero-order valence-corrected chi connectivity index (χ0v) is 14.9. The number of amides is 1. The van der Waals surface area contributed by atoms with Gasteiger partial charge in [-0.1, -0.05) is 6.07 Å². The fourth-order valence-corrected chi connectivity index (χ4v) is 3.29. The van der Waals surface area contributed by atoms with Crippen LogP contribution in [0, 0.1) is 12.7 Å². The summed E-state index contributed by atoms with van der Waals surface area (Å²) in [5, 5.41) is 7.54. The Labute approximate surface area is 146 Å². The van der Waals surface area contributed by atoms with Crippen LogP contribution in [0.4, 0.5) is 10.2 Å². The van der Waals surface area contributed by atoms with Gasteiger partial charge >= 0.3 is 0 Å². The summed E-state index contributed by atoms with van der Waals surface area (Å²) in [4.78, 5) is 14.5. The van der Waals surface area contributed by atoms with Gasteiger partial charge in [-0.25, -0.2) is 4.39 Å². The van der Waals surface area contributed by atoms with Gasteiger partial charge in [0, 0.05) is 37.3 Å². The number of rotatable bonds is 5. The van der Waals surface area contributed by atoms with Crippen molar-refractivity contribution in [1.82, 2.24) is 15.1 Å². The predicted octanol–water partition coefficient (Wildman–Crippen LogP) is 2.33. The Bertz CT molecular complexity index is 789. The van der Waals surface area contributed by atoms with E-state index < -0.39 is 0 Å². The SMILES string of the molecule is COc1ccc([C@@H](C)N[C@@H]2CCN(c3cc(C)nn3C)C2=O)c(F)c1. The predicted molar refractivity (Wildman–Crippen MR) is 93.2 cm³/mol. The molecule has 0 spiro atoms. The molecule has 1 fully saturated rings. The number of benzene rings is 1. The van der Waals surface area contributed by atoms with E-state index in [1.165, 1.54) is 13.2 Å². The quantitative estimate of drug-likeness (QED) is 0.903. The third-order valence-electron chi connectivity index (χ3n) is 4.58. The van der Waals surface area contributed by atoms with Crippen LogP contribution in [0.15, 0.2) is 24.3 Å². The number of hydrogen-bond donors (Lipinski definition) is 1. The average molecular weight is 346 g/mol. The minimum absolute atomic E-state index is 0.0104. The third-order valence-corrected chi connectivity index (χ3v) is 4.58. The van der Waals surface area contributed by atoms with Crippen LogP contribution in [-0.2, 0) is 11.8 Å². The van der Waals surface area contributed by atoms with Crippen molar-refractivity contribution < 1.29 is 13.9 Å². The molecule has 25 heavy (non-hydrogen) atoms. The first kappa shape index (κ1) is 17.4. The Kier molecular flexibility index (Phi) is 4.76. The van der Waals surface area contributed by atoms with E-state index in [1.807, 2.05) is 27.0 Å². The summed E-state index contributed by atoms with van der Waals surface area (Å²) < 4.78 is 21.0. The summed E-state index contributed by atoms with van der Waals surface area (Å²) in [5.41, 5.74) is 1.39. The lowest BCUT2D eigenvalue weighted by atomic mass is 10.1. The number of halogens is 1. The Hall–Kier alpha value is -2.41. The first-order valence-electron chi connectivity index (χ1n) is 8.32. The summed E-state index contributed by atoms with van der Waals surface area (Å²) >= 11 is 0. The highest BCUT2D eigenvalue weighted by molar-refractivity contribution is 5.98. The van der Waals surface area contributed by atoms with Crippen molar-refractivity contribution in [3.63, 3.8) is 0 Å². The van der Waals surface area contributed by atoms with E-state index in [9.17, 15) is 9.18 Å². The second-order valence-corrected chi connectivity index (χ2v) is 6.37. The minimum Gasteiger partial charge on any atom is -0.497 e. The number of hydrogen-bond acceptors (Lipinski definition) is 4. The highest BCUT2D eigenvalue weighted by Gasteiger charge is 2.35. The van der Waals surface area contributed by atoms with Gasteiger partial charge in [-0.3, -0.25) is 19.7 Å². The molecule has 2 atom stereocenters. The van der Waals surface area contributed by atoms with Crippen molar-refractivity contribution in [2.45, 2.75) is 32.4 Å². The van der Waals surface area contributed by atoms with Gasteiger partial charge in [0.2, 0.25) is 5.91 Å². The summed E-state index contributed by atoms with van der Waals surface area (Å²) in [7, 11) is 3.33. The van der Waals surface area contributed by atoms with E-state index in [4.69, 9.17) is 4.74 Å². The minimum atomic E-state index is -0.344. The van der Waals surface area contributed by atoms with E-state index in [0.717, 1.165) is 11.5 Å². The smallest absolute Gasteiger partial charge is 0.245 e. The monoisotopic (exact) mass is 346 g/mol. The topological polar surface area (TPSA) is 59.4 Å². The molecule has 2 heterocycles. The molecular weight excluding hydrogens is 323 g/mol. The molecule has 0 saturated carbocycles. The van der Waals surface area contributed by atoms with Crippen molar-refractivity contribution in [3.8, 4) is 5.75 Å². The van der Waals surface area contributed by atoms with Gasteiger partial charge in [0.15, 0.2) is 0 Å². The van der Waals surface area contributed by atoms with Gasteiger partial charge in [-0.05, 0) is 26.3 Å². The Balaban J connectivity index is 1.71. The molecule has 6 nitrogen and oxygen atoms in total. The normalized spacial score (nSPS) is 18.7. The van der Waals surface area contributed by atoms with Crippen molar-refractivity contribution in [3.05, 3.63) is 41.3 Å². The Morgan fingerprint density at radius 3 is 2.76 bits per heavy atom. The second-order valence-electron chi connectivity index (χ2n) is 6.37. The molecule has 2 aromatic rings. The molecule has 1 aliphatic rings. The van der Waals surface area contributed by atoms with Gasteiger partial charge in [0.05, 0.1) is 18.8 Å². The molecule has 1 aliphatic heterocycles. The molecule has 1 aromatic heterocycles. The van der Waals surface area contributed by atoms with Crippen LogP contribution in [0.2, 0.25) is 0 Å². The lowest BCUT2D eigenvalue weighted by Crippen LogP contribution is -2.40. The molecule has 1 aromatic carbocycles. The fraction of sp³-hybridized carbons (Fsp3) is 0.444. The van der Waals surface area contributed by atoms with E-state index in [2.05, 4.69) is 10.4 Å².